The molecular formula is C60H72F2N10O11. The summed E-state index contributed by atoms with van der Waals surface area (Å²) in [4.78, 5) is 125. The number of benzene rings is 3. The highest BCUT2D eigenvalue weighted by molar-refractivity contribution is 6.12. The first-order valence-corrected chi connectivity index (χ1v) is 28.3. The molecule has 1 saturated carbocycles. The third-order valence-corrected chi connectivity index (χ3v) is 15.8. The number of imidazole rings is 1. The number of hydrogen-bond donors (Lipinski definition) is 6. The van der Waals surface area contributed by atoms with E-state index < -0.39 is 90.5 Å². The van der Waals surface area contributed by atoms with E-state index in [1.807, 2.05) is 41.8 Å². The van der Waals surface area contributed by atoms with Crippen LogP contribution in [-0.2, 0) is 51.5 Å². The number of carbonyl (C=O) groups is 9. The Balaban J connectivity index is 0.899. The zero-order chi connectivity index (χ0) is 59.5. The van der Waals surface area contributed by atoms with Gasteiger partial charge in [-0.1, -0.05) is 74.4 Å². The SMILES string of the molecule is Cc1ccc(F)c(-c2cn(Cc3ccccc3)c([C@H](C3CCC(=O)CC3)N3C[C@@H]4C([C@H](O)C3=O)N(C(=O)OCc3ccc(NC(=O)[C@H](CCCNC(N)=O)NC(=O)[C@@H](NC(=O)CCCCCN5C(=O)C=CC5=O)C(C)C)cc3)C[C@@H]4F)n2)c1. The van der Waals surface area contributed by atoms with E-state index in [-0.39, 0.29) is 93.3 Å². The number of halogens is 2. The molecule has 1 aromatic heterocycles. The fraction of sp³-hybridized carbons (Fsp3) is 0.467. The summed E-state index contributed by atoms with van der Waals surface area (Å²) in [5.74, 6) is -4.91. The third kappa shape index (κ3) is 15.2. The molecule has 21 nitrogen and oxygen atoms in total. The number of carbonyl (C=O) groups excluding carboxylic acids is 9. The zero-order valence-corrected chi connectivity index (χ0v) is 46.8. The number of hydrogen-bond acceptors (Lipinski definition) is 12. The lowest BCUT2D eigenvalue weighted by Crippen LogP contribution is -2.61. The van der Waals surface area contributed by atoms with Crippen molar-refractivity contribution in [3.63, 3.8) is 0 Å². The summed E-state index contributed by atoms with van der Waals surface area (Å²) in [6.45, 7) is 4.97. The van der Waals surface area contributed by atoms with E-state index in [2.05, 4.69) is 21.3 Å². The van der Waals surface area contributed by atoms with Crippen LogP contribution in [-0.4, -0.2) is 139 Å². The van der Waals surface area contributed by atoms with E-state index in [1.54, 1.807) is 44.3 Å². The number of likely N-dealkylation sites (tertiary alicyclic amines) is 2. The molecule has 4 aromatic rings. The number of imide groups is 1. The standard InChI is InChI=1S/C60H72F2N10O11/c1-35(2)51(68-48(74)14-8-5-9-28-70-49(75)25-26-50(70)76)57(79)67-46(13-10-27-64-59(63)81)56(78)65-40-20-16-38(17-21-40)34-83-60(82)72-32-45(62)43-31-71(58(80)54(77)53(43)72)52(39-18-22-41(73)23-19-39)55-66-47(42-29-36(3)15-24-44(42)61)33-69(55)30-37-11-6-4-7-12-37/h4,6-7,11-12,15-17,20-21,24-26,29,33,35,39,43,45-46,51-54,77H,5,8-10,13-14,18-19,22-23,27-28,30-32,34H2,1-3H3,(H,65,78)(H,67,79)(H,68,74)(H3,63,64,81)/t43-,45-,46-,51-,52-,53?,54-/m0/s1. The van der Waals surface area contributed by atoms with Gasteiger partial charge in [0.2, 0.25) is 17.7 Å². The van der Waals surface area contributed by atoms with E-state index in [4.69, 9.17) is 15.5 Å². The summed E-state index contributed by atoms with van der Waals surface area (Å²) in [5.41, 5.74) is 8.27. The fourth-order valence-electron chi connectivity index (χ4n) is 11.4. The van der Waals surface area contributed by atoms with Crippen LogP contribution in [0.2, 0.25) is 0 Å². The van der Waals surface area contributed by atoms with Crippen LogP contribution >= 0.6 is 0 Å². The number of aromatic nitrogens is 2. The Labute approximate surface area is 479 Å². The molecule has 4 heterocycles. The largest absolute Gasteiger partial charge is 0.445 e. The Morgan fingerprint density at radius 1 is 0.855 bits per heavy atom. The lowest BCUT2D eigenvalue weighted by Gasteiger charge is -2.46. The highest BCUT2D eigenvalue weighted by Crippen LogP contribution is 2.44. The minimum absolute atomic E-state index is 0.0691. The van der Waals surface area contributed by atoms with Gasteiger partial charge < -0.3 is 46.3 Å². The number of aryl methyl sites for hydroxylation is 1. The first-order valence-electron chi connectivity index (χ1n) is 28.3. The van der Waals surface area contributed by atoms with Crippen molar-refractivity contribution >= 4 is 59.0 Å². The van der Waals surface area contributed by atoms with Crippen LogP contribution in [0.25, 0.3) is 11.3 Å². The molecule has 4 aliphatic rings. The number of alkyl halides is 1. The second-order valence-electron chi connectivity index (χ2n) is 22.2. The van der Waals surface area contributed by atoms with Gasteiger partial charge in [-0.25, -0.2) is 23.4 Å². The Hall–Kier alpha value is -8.34. The average Bonchev–Trinajstić information content (AvgIpc) is 3.22. The molecule has 1 aliphatic carbocycles. The number of fused-ring (bicyclic) bond motifs is 1. The van der Waals surface area contributed by atoms with Crippen LogP contribution in [0, 0.1) is 30.5 Å². The van der Waals surface area contributed by atoms with Crippen molar-refractivity contribution in [3.8, 4) is 11.3 Å². The third-order valence-electron chi connectivity index (χ3n) is 15.8. The summed E-state index contributed by atoms with van der Waals surface area (Å²) in [5, 5.41) is 22.6. The molecule has 8 rings (SSSR count). The molecule has 0 spiro atoms. The smallest absolute Gasteiger partial charge is 0.410 e. The Morgan fingerprint density at radius 3 is 2.25 bits per heavy atom. The van der Waals surface area contributed by atoms with Gasteiger partial charge in [-0.05, 0) is 92.7 Å². The number of anilines is 1. The summed E-state index contributed by atoms with van der Waals surface area (Å²) < 4.78 is 39.5. The maximum Gasteiger partial charge on any atom is 0.410 e. The van der Waals surface area contributed by atoms with E-state index in [0.717, 1.165) is 20.9 Å². The van der Waals surface area contributed by atoms with Crippen LogP contribution in [0.15, 0.2) is 91.1 Å². The van der Waals surface area contributed by atoms with Crippen molar-refractivity contribution in [1.82, 2.24) is 40.2 Å². The van der Waals surface area contributed by atoms with Gasteiger partial charge in [-0.15, -0.1) is 0 Å². The van der Waals surface area contributed by atoms with Crippen molar-refractivity contribution in [2.24, 2.45) is 23.5 Å². The molecule has 7 N–H and O–H groups in total. The molecule has 442 valence electrons. The van der Waals surface area contributed by atoms with Crippen molar-refractivity contribution in [2.75, 3.05) is 31.5 Å². The molecule has 23 heteroatoms. The van der Waals surface area contributed by atoms with Gasteiger partial charge in [0.05, 0.1) is 24.3 Å². The molecule has 7 atom stereocenters. The Bertz CT molecular complexity index is 3050. The van der Waals surface area contributed by atoms with Crippen molar-refractivity contribution < 1.29 is 61.8 Å². The van der Waals surface area contributed by atoms with E-state index in [0.29, 0.717) is 61.4 Å². The highest BCUT2D eigenvalue weighted by atomic mass is 19.1. The number of ether oxygens (including phenoxy) is 1. The number of nitrogens with zero attached hydrogens (tertiary/aromatic N) is 5. The van der Waals surface area contributed by atoms with Gasteiger partial charge >= 0.3 is 12.1 Å². The molecule has 0 radical (unpaired) electrons. The quantitative estimate of drug-likeness (QED) is 0.0374. The molecule has 2 saturated heterocycles. The van der Waals surface area contributed by atoms with Crippen LogP contribution in [0.3, 0.4) is 0 Å². The van der Waals surface area contributed by atoms with Crippen LogP contribution in [0.4, 0.5) is 24.1 Å². The average molecular weight is 1150 g/mol. The minimum atomic E-state index is -1.86. The molecule has 3 aromatic carbocycles. The van der Waals surface area contributed by atoms with E-state index >= 15 is 8.78 Å². The molecule has 1 unspecified atom stereocenters. The number of nitrogens with one attached hydrogen (secondary N) is 4. The summed E-state index contributed by atoms with van der Waals surface area (Å²) in [7, 11) is 0. The van der Waals surface area contributed by atoms with Gasteiger partial charge in [0.15, 0.2) is 6.10 Å². The Morgan fingerprint density at radius 2 is 1.57 bits per heavy atom. The lowest BCUT2D eigenvalue weighted by molar-refractivity contribution is -0.156. The fourth-order valence-corrected chi connectivity index (χ4v) is 11.4. The maximum atomic E-state index is 16.5. The first kappa shape index (κ1) is 60.7. The first-order chi connectivity index (χ1) is 39.8. The summed E-state index contributed by atoms with van der Waals surface area (Å²) >= 11 is 0. The molecule has 83 heavy (non-hydrogen) atoms. The van der Waals surface area contributed by atoms with Crippen LogP contribution < -0.4 is 27.0 Å². The maximum absolute atomic E-state index is 16.5. The second-order valence-corrected chi connectivity index (χ2v) is 22.2. The van der Waals surface area contributed by atoms with Gasteiger partial charge in [0, 0.05) is 81.0 Å². The normalized spacial score (nSPS) is 20.1. The monoisotopic (exact) mass is 1150 g/mol. The number of unbranched alkanes of at least 4 members (excludes halogenated alkanes) is 2. The molecule has 0 bridgehead atoms. The lowest BCUT2D eigenvalue weighted by atomic mass is 9.80. The van der Waals surface area contributed by atoms with Gasteiger partial charge in [-0.2, -0.15) is 0 Å². The van der Waals surface area contributed by atoms with E-state index in [1.165, 1.54) is 35.3 Å². The second kappa shape index (κ2) is 27.6. The van der Waals surface area contributed by atoms with Crippen LogP contribution in [0.5, 0.6) is 0 Å². The number of aliphatic hydroxyl groups is 1. The number of nitrogens with two attached hydrogens (primary N) is 1. The number of piperidine rings is 1. The number of ketones is 1. The zero-order valence-electron chi connectivity index (χ0n) is 46.8. The number of aliphatic hydroxyl groups excluding tert-OH is 1. The number of amides is 9. The molecule has 3 aliphatic heterocycles. The minimum Gasteiger partial charge on any atom is -0.445 e. The van der Waals surface area contributed by atoms with Gasteiger partial charge in [0.25, 0.3) is 17.7 Å². The van der Waals surface area contributed by atoms with Crippen molar-refractivity contribution in [3.05, 3.63) is 119 Å². The van der Waals surface area contributed by atoms with Crippen molar-refractivity contribution in [2.45, 2.75) is 135 Å². The number of Topliss-reactive ketones (excluding diaryl/α,β-unsaturated/α-hetero) is 1. The summed E-state index contributed by atoms with van der Waals surface area (Å²) in [6.07, 6.45) is 2.82. The van der Waals surface area contributed by atoms with Crippen LogP contribution in [0.1, 0.15) is 107 Å². The van der Waals surface area contributed by atoms with E-state index in [9.17, 15) is 48.3 Å². The molecule has 9 amide bonds. The predicted octanol–water partition coefficient (Wildman–Crippen LogP) is 5.52. The number of rotatable bonds is 24. The Kier molecular flexibility index (Phi) is 20.2. The summed E-state index contributed by atoms with van der Waals surface area (Å²) in [6, 6.07) is 15.4. The molecule has 3 fully saturated rings. The number of urea groups is 1. The van der Waals surface area contributed by atoms with Gasteiger partial charge in [-0.3, -0.25) is 43.4 Å². The number of primary amides is 1. The van der Waals surface area contributed by atoms with Crippen molar-refractivity contribution in [1.29, 1.82) is 0 Å². The molecular weight excluding hydrogens is 1070 g/mol. The predicted molar refractivity (Wildman–Crippen MR) is 299 cm³/mol. The topological polar surface area (TPSA) is 285 Å². The highest BCUT2D eigenvalue weighted by Gasteiger charge is 2.57. The van der Waals surface area contributed by atoms with Gasteiger partial charge in [0.1, 0.15) is 42.3 Å².